The molecule has 1 heterocycles. The molecule has 1 aromatic heterocycles. The van der Waals surface area contributed by atoms with E-state index in [4.69, 9.17) is 5.73 Å². The maximum absolute atomic E-state index is 5.60. The van der Waals surface area contributed by atoms with Crippen LogP contribution in [0.5, 0.6) is 0 Å². The molecule has 0 spiro atoms. The molecule has 0 saturated heterocycles. The van der Waals surface area contributed by atoms with Crippen LogP contribution in [-0.4, -0.2) is 20.8 Å². The molecular formula is C11H19N3S. The van der Waals surface area contributed by atoms with Crippen molar-refractivity contribution >= 4 is 17.4 Å². The van der Waals surface area contributed by atoms with Gasteiger partial charge in [0.25, 0.3) is 0 Å². The summed E-state index contributed by atoms with van der Waals surface area (Å²) in [6.07, 6.45) is 10.7. The zero-order valence-electron chi connectivity index (χ0n) is 9.06. The summed E-state index contributed by atoms with van der Waals surface area (Å²) >= 11 is 2.10. The lowest BCUT2D eigenvalue weighted by Crippen LogP contribution is -2.10. The molecular weight excluding hydrogens is 206 g/mol. The van der Waals surface area contributed by atoms with Crippen LogP contribution in [0.25, 0.3) is 0 Å². The Labute approximate surface area is 95.4 Å². The number of nitrogens with zero attached hydrogens (tertiary/aromatic N) is 2. The van der Waals surface area contributed by atoms with Gasteiger partial charge in [-0.1, -0.05) is 19.3 Å². The van der Waals surface area contributed by atoms with Crippen LogP contribution in [0.1, 0.15) is 32.1 Å². The number of rotatable bonds is 4. The van der Waals surface area contributed by atoms with Gasteiger partial charge in [0.15, 0.2) is 0 Å². The van der Waals surface area contributed by atoms with Gasteiger partial charge in [0.2, 0.25) is 0 Å². The molecule has 0 aliphatic heterocycles. The highest BCUT2D eigenvalue weighted by atomic mass is 32.2. The van der Waals surface area contributed by atoms with Gasteiger partial charge < -0.3 is 5.73 Å². The lowest BCUT2D eigenvalue weighted by Gasteiger charge is -2.20. The largest absolute Gasteiger partial charge is 0.396 e. The molecule has 0 atom stereocenters. The molecule has 15 heavy (non-hydrogen) atoms. The van der Waals surface area contributed by atoms with Crippen LogP contribution in [0.2, 0.25) is 0 Å². The molecule has 1 fully saturated rings. The van der Waals surface area contributed by atoms with Crippen LogP contribution in [0.15, 0.2) is 12.4 Å². The average Bonchev–Trinajstić information content (AvgIpc) is 2.66. The van der Waals surface area contributed by atoms with E-state index in [1.54, 1.807) is 6.20 Å². The number of nitrogen functional groups attached to an aromatic ring is 1. The molecule has 0 bridgehead atoms. The van der Waals surface area contributed by atoms with Crippen molar-refractivity contribution in [3.05, 3.63) is 12.4 Å². The minimum atomic E-state index is 0.762. The number of nitrogens with two attached hydrogens (primary N) is 1. The molecule has 1 aliphatic carbocycles. The lowest BCUT2D eigenvalue weighted by atomic mass is 10.0. The van der Waals surface area contributed by atoms with Gasteiger partial charge in [0, 0.05) is 17.2 Å². The van der Waals surface area contributed by atoms with E-state index in [1.807, 2.05) is 10.9 Å². The predicted octanol–water partition coefficient (Wildman–Crippen LogP) is 2.53. The number of anilines is 1. The van der Waals surface area contributed by atoms with E-state index in [2.05, 4.69) is 16.9 Å². The Bertz CT molecular complexity index is 292. The van der Waals surface area contributed by atoms with Gasteiger partial charge in [0.1, 0.15) is 0 Å². The molecule has 2 rings (SSSR count). The number of thioether (sulfide) groups is 1. The van der Waals surface area contributed by atoms with Crippen molar-refractivity contribution in [2.45, 2.75) is 43.9 Å². The minimum absolute atomic E-state index is 0.762. The molecule has 1 saturated carbocycles. The second-order valence-corrected chi connectivity index (χ2v) is 5.58. The van der Waals surface area contributed by atoms with Gasteiger partial charge in [-0.2, -0.15) is 16.9 Å². The standard InChI is InChI=1S/C11H19N3S/c12-10-8-13-14(9-10)6-7-15-11-4-2-1-3-5-11/h8-9,11H,1-7,12H2. The summed E-state index contributed by atoms with van der Waals surface area (Å²) < 4.78 is 1.94. The average molecular weight is 225 g/mol. The summed E-state index contributed by atoms with van der Waals surface area (Å²) in [4.78, 5) is 0. The van der Waals surface area contributed by atoms with Gasteiger partial charge >= 0.3 is 0 Å². The Morgan fingerprint density at radius 1 is 1.40 bits per heavy atom. The minimum Gasteiger partial charge on any atom is -0.396 e. The molecule has 4 heteroatoms. The van der Waals surface area contributed by atoms with Crippen LogP contribution in [0, 0.1) is 0 Å². The molecule has 0 unspecified atom stereocenters. The van der Waals surface area contributed by atoms with Gasteiger partial charge in [-0.15, -0.1) is 0 Å². The maximum Gasteiger partial charge on any atom is 0.0719 e. The van der Waals surface area contributed by atoms with Gasteiger partial charge in [0.05, 0.1) is 18.4 Å². The first kappa shape index (κ1) is 10.9. The van der Waals surface area contributed by atoms with Gasteiger partial charge in [-0.25, -0.2) is 0 Å². The fraction of sp³-hybridized carbons (Fsp3) is 0.727. The van der Waals surface area contributed by atoms with E-state index in [9.17, 15) is 0 Å². The zero-order chi connectivity index (χ0) is 10.5. The number of hydrogen-bond acceptors (Lipinski definition) is 3. The van der Waals surface area contributed by atoms with Crippen molar-refractivity contribution in [3.8, 4) is 0 Å². The van der Waals surface area contributed by atoms with Crippen molar-refractivity contribution < 1.29 is 0 Å². The first-order valence-electron chi connectivity index (χ1n) is 5.74. The summed E-state index contributed by atoms with van der Waals surface area (Å²) in [5.74, 6) is 1.16. The predicted molar refractivity (Wildman–Crippen MR) is 66.0 cm³/mol. The van der Waals surface area contributed by atoms with Gasteiger partial charge in [-0.05, 0) is 12.8 Å². The number of aryl methyl sites for hydroxylation is 1. The maximum atomic E-state index is 5.60. The molecule has 1 aromatic rings. The van der Waals surface area contributed by atoms with E-state index in [0.29, 0.717) is 0 Å². The molecule has 1 aliphatic rings. The Hall–Kier alpha value is -0.640. The third-order valence-corrected chi connectivity index (χ3v) is 4.24. The van der Waals surface area contributed by atoms with Crippen molar-refractivity contribution in [3.63, 3.8) is 0 Å². The topological polar surface area (TPSA) is 43.8 Å². The van der Waals surface area contributed by atoms with E-state index in [1.165, 1.54) is 32.1 Å². The Morgan fingerprint density at radius 3 is 2.87 bits per heavy atom. The summed E-state index contributed by atoms with van der Waals surface area (Å²) in [5, 5.41) is 5.07. The SMILES string of the molecule is Nc1cnn(CCSC2CCCCC2)c1. The van der Waals surface area contributed by atoms with Crippen LogP contribution in [0.4, 0.5) is 5.69 Å². The van der Waals surface area contributed by atoms with E-state index in [0.717, 1.165) is 23.2 Å². The molecule has 84 valence electrons. The first-order valence-corrected chi connectivity index (χ1v) is 6.79. The van der Waals surface area contributed by atoms with E-state index >= 15 is 0 Å². The lowest BCUT2D eigenvalue weighted by molar-refractivity contribution is 0.515. The second kappa shape index (κ2) is 5.45. The first-order chi connectivity index (χ1) is 7.34. The monoisotopic (exact) mass is 225 g/mol. The van der Waals surface area contributed by atoms with Crippen LogP contribution < -0.4 is 5.73 Å². The summed E-state index contributed by atoms with van der Waals surface area (Å²) in [6.45, 7) is 0.984. The number of aromatic nitrogens is 2. The normalized spacial score (nSPS) is 18.1. The van der Waals surface area contributed by atoms with Gasteiger partial charge in [-0.3, -0.25) is 4.68 Å². The Balaban J connectivity index is 1.65. The smallest absolute Gasteiger partial charge is 0.0719 e. The molecule has 0 radical (unpaired) electrons. The van der Waals surface area contributed by atoms with Crippen LogP contribution >= 0.6 is 11.8 Å². The molecule has 3 nitrogen and oxygen atoms in total. The highest BCUT2D eigenvalue weighted by Crippen LogP contribution is 2.28. The highest BCUT2D eigenvalue weighted by molar-refractivity contribution is 7.99. The molecule has 0 amide bonds. The van der Waals surface area contributed by atoms with E-state index < -0.39 is 0 Å². The summed E-state index contributed by atoms with van der Waals surface area (Å²) in [5.41, 5.74) is 6.36. The van der Waals surface area contributed by atoms with E-state index in [-0.39, 0.29) is 0 Å². The fourth-order valence-corrected chi connectivity index (χ4v) is 3.34. The molecule has 0 aromatic carbocycles. The van der Waals surface area contributed by atoms with Crippen molar-refractivity contribution in [2.75, 3.05) is 11.5 Å². The van der Waals surface area contributed by atoms with Crippen molar-refractivity contribution in [2.24, 2.45) is 0 Å². The van der Waals surface area contributed by atoms with Crippen molar-refractivity contribution in [1.82, 2.24) is 9.78 Å². The molecule has 2 N–H and O–H groups in total. The van der Waals surface area contributed by atoms with Crippen LogP contribution in [0.3, 0.4) is 0 Å². The summed E-state index contributed by atoms with van der Waals surface area (Å²) in [6, 6.07) is 0. The zero-order valence-corrected chi connectivity index (χ0v) is 9.88. The Kier molecular flexibility index (Phi) is 3.94. The third kappa shape index (κ3) is 3.45. The van der Waals surface area contributed by atoms with Crippen LogP contribution in [-0.2, 0) is 6.54 Å². The fourth-order valence-electron chi connectivity index (χ4n) is 2.05. The highest BCUT2D eigenvalue weighted by Gasteiger charge is 2.13. The number of hydrogen-bond donors (Lipinski definition) is 1. The summed E-state index contributed by atoms with van der Waals surface area (Å²) in [7, 11) is 0. The Morgan fingerprint density at radius 2 is 2.20 bits per heavy atom. The van der Waals surface area contributed by atoms with Crippen molar-refractivity contribution in [1.29, 1.82) is 0 Å². The third-order valence-electron chi connectivity index (χ3n) is 2.88. The quantitative estimate of drug-likeness (QED) is 0.856. The second-order valence-electron chi connectivity index (χ2n) is 4.17.